The number of halogens is 1. The van der Waals surface area contributed by atoms with E-state index in [0.717, 1.165) is 6.29 Å². The lowest BCUT2D eigenvalue weighted by Crippen LogP contribution is -2.21. The van der Waals surface area contributed by atoms with Crippen LogP contribution in [0.2, 0.25) is 0 Å². The van der Waals surface area contributed by atoms with Crippen molar-refractivity contribution in [2.24, 2.45) is 5.41 Å². The van der Waals surface area contributed by atoms with Crippen molar-refractivity contribution in [3.8, 4) is 0 Å². The minimum Gasteiger partial charge on any atom is -0.302 e. The van der Waals surface area contributed by atoms with Gasteiger partial charge in [0, 0.05) is 0 Å². The Morgan fingerprint density at radius 1 is 1.50 bits per heavy atom. The summed E-state index contributed by atoms with van der Waals surface area (Å²) >= 11 is 5.57. The highest BCUT2D eigenvalue weighted by Crippen LogP contribution is 2.21. The summed E-state index contributed by atoms with van der Waals surface area (Å²) in [6, 6.07) is 0. The highest BCUT2D eigenvalue weighted by Gasteiger charge is 2.20. The van der Waals surface area contributed by atoms with Gasteiger partial charge in [0.05, 0.1) is 5.38 Å². The van der Waals surface area contributed by atoms with Crippen LogP contribution in [0.5, 0.6) is 0 Å². The SMILES string of the molecule is CC(C)(C)[C@@H](Cl)C=O. The van der Waals surface area contributed by atoms with E-state index in [2.05, 4.69) is 0 Å². The van der Waals surface area contributed by atoms with Gasteiger partial charge < -0.3 is 4.79 Å². The smallest absolute Gasteiger partial charge is 0.138 e. The van der Waals surface area contributed by atoms with Crippen LogP contribution in [0.1, 0.15) is 20.8 Å². The fourth-order valence-electron chi connectivity index (χ4n) is 0.204. The molecule has 0 rings (SSSR count). The summed E-state index contributed by atoms with van der Waals surface area (Å²) in [6.45, 7) is 5.79. The molecule has 0 aliphatic carbocycles. The first kappa shape index (κ1) is 7.96. The normalized spacial score (nSPS) is 15.5. The monoisotopic (exact) mass is 134 g/mol. The van der Waals surface area contributed by atoms with Gasteiger partial charge in [0.1, 0.15) is 6.29 Å². The molecule has 0 unspecified atom stereocenters. The number of aldehydes is 1. The number of carbonyl (C=O) groups is 1. The lowest BCUT2D eigenvalue weighted by molar-refractivity contribution is -0.108. The Kier molecular flexibility index (Phi) is 2.48. The van der Waals surface area contributed by atoms with E-state index >= 15 is 0 Å². The van der Waals surface area contributed by atoms with Crippen LogP contribution < -0.4 is 0 Å². The summed E-state index contributed by atoms with van der Waals surface area (Å²) in [4.78, 5) is 10.0. The van der Waals surface area contributed by atoms with Gasteiger partial charge in [0.2, 0.25) is 0 Å². The highest BCUT2D eigenvalue weighted by molar-refractivity contribution is 6.28. The number of hydrogen-bond acceptors (Lipinski definition) is 1. The standard InChI is InChI=1S/C6H11ClO/c1-6(2,3)5(7)4-8/h4-5H,1-3H3/t5-/m0/s1. The lowest BCUT2D eigenvalue weighted by Gasteiger charge is -2.19. The molecule has 1 nitrogen and oxygen atoms in total. The average molecular weight is 135 g/mol. The average Bonchev–Trinajstić information content (AvgIpc) is 1.62. The molecule has 0 aromatic rings. The van der Waals surface area contributed by atoms with Crippen LogP contribution >= 0.6 is 11.6 Å². The fourth-order valence-corrected chi connectivity index (χ4v) is 0.204. The maximum Gasteiger partial charge on any atom is 0.138 e. The van der Waals surface area contributed by atoms with Crippen molar-refractivity contribution in [1.29, 1.82) is 0 Å². The van der Waals surface area contributed by atoms with Crippen LogP contribution in [0.15, 0.2) is 0 Å². The molecule has 0 N–H and O–H groups in total. The molecule has 0 heterocycles. The van der Waals surface area contributed by atoms with Gasteiger partial charge in [-0.15, -0.1) is 11.6 Å². The third-order valence-electron chi connectivity index (χ3n) is 0.947. The van der Waals surface area contributed by atoms with Gasteiger partial charge in [0.25, 0.3) is 0 Å². The van der Waals surface area contributed by atoms with Crippen molar-refractivity contribution in [3.63, 3.8) is 0 Å². The number of alkyl halides is 1. The maximum absolute atomic E-state index is 10.0. The van der Waals surface area contributed by atoms with Crippen molar-refractivity contribution in [2.45, 2.75) is 26.1 Å². The minimum atomic E-state index is -0.359. The predicted octanol–water partition coefficient (Wildman–Crippen LogP) is 1.84. The third-order valence-corrected chi connectivity index (χ3v) is 1.70. The molecule has 1 atom stereocenters. The van der Waals surface area contributed by atoms with Crippen LogP contribution in [0.25, 0.3) is 0 Å². The van der Waals surface area contributed by atoms with E-state index in [0.29, 0.717) is 0 Å². The largest absolute Gasteiger partial charge is 0.302 e. The zero-order chi connectivity index (χ0) is 6.78. The first-order valence-corrected chi connectivity index (χ1v) is 3.01. The maximum atomic E-state index is 10.0. The fraction of sp³-hybridized carbons (Fsp3) is 0.833. The van der Waals surface area contributed by atoms with Crippen LogP contribution in [0, 0.1) is 5.41 Å². The van der Waals surface area contributed by atoms with Gasteiger partial charge in [-0.25, -0.2) is 0 Å². The molecule has 0 saturated carbocycles. The van der Waals surface area contributed by atoms with E-state index in [4.69, 9.17) is 11.6 Å². The minimum absolute atomic E-state index is 0.0939. The molecule has 2 heteroatoms. The van der Waals surface area contributed by atoms with Crippen molar-refractivity contribution in [3.05, 3.63) is 0 Å². The topological polar surface area (TPSA) is 17.1 Å². The van der Waals surface area contributed by atoms with Crippen molar-refractivity contribution in [2.75, 3.05) is 0 Å². The van der Waals surface area contributed by atoms with Gasteiger partial charge in [-0.2, -0.15) is 0 Å². The summed E-state index contributed by atoms with van der Waals surface area (Å²) in [5.74, 6) is 0. The molecule has 0 bridgehead atoms. The molecule has 0 aliphatic rings. The molecule has 0 aliphatic heterocycles. The van der Waals surface area contributed by atoms with Crippen LogP contribution in [0.3, 0.4) is 0 Å². The van der Waals surface area contributed by atoms with E-state index in [-0.39, 0.29) is 10.8 Å². The highest BCUT2D eigenvalue weighted by atomic mass is 35.5. The Bertz CT molecular complexity index is 83.0. The molecule has 48 valence electrons. The van der Waals surface area contributed by atoms with Gasteiger partial charge in [-0.3, -0.25) is 0 Å². The number of carbonyl (C=O) groups excluding carboxylic acids is 1. The van der Waals surface area contributed by atoms with E-state index in [1.165, 1.54) is 0 Å². The molecule has 0 aromatic carbocycles. The number of hydrogen-bond donors (Lipinski definition) is 0. The van der Waals surface area contributed by atoms with E-state index in [9.17, 15) is 4.79 Å². The summed E-state index contributed by atoms with van der Waals surface area (Å²) in [5, 5.41) is -0.359. The third kappa shape index (κ3) is 2.31. The van der Waals surface area contributed by atoms with E-state index in [1.54, 1.807) is 0 Å². The van der Waals surface area contributed by atoms with Crippen LogP contribution in [0.4, 0.5) is 0 Å². The second-order valence-electron chi connectivity index (χ2n) is 2.90. The lowest BCUT2D eigenvalue weighted by atomic mass is 9.93. The summed E-state index contributed by atoms with van der Waals surface area (Å²) in [5.41, 5.74) is -0.0939. The molecule has 0 saturated heterocycles. The summed E-state index contributed by atoms with van der Waals surface area (Å²) in [7, 11) is 0. The predicted molar refractivity (Wildman–Crippen MR) is 35.2 cm³/mol. The second-order valence-corrected chi connectivity index (χ2v) is 3.37. The Morgan fingerprint density at radius 3 is 1.88 bits per heavy atom. The molecule has 0 aromatic heterocycles. The van der Waals surface area contributed by atoms with Gasteiger partial charge in [-0.05, 0) is 5.41 Å². The molecular formula is C6H11ClO. The molecule has 0 radical (unpaired) electrons. The second kappa shape index (κ2) is 2.49. The molecule has 8 heavy (non-hydrogen) atoms. The Labute approximate surface area is 55.0 Å². The van der Waals surface area contributed by atoms with Crippen molar-refractivity contribution in [1.82, 2.24) is 0 Å². The zero-order valence-corrected chi connectivity index (χ0v) is 6.20. The quantitative estimate of drug-likeness (QED) is 0.395. The summed E-state index contributed by atoms with van der Waals surface area (Å²) < 4.78 is 0. The molecule has 0 fully saturated rings. The van der Waals surface area contributed by atoms with Crippen LogP contribution in [-0.4, -0.2) is 11.7 Å². The van der Waals surface area contributed by atoms with E-state index < -0.39 is 0 Å². The van der Waals surface area contributed by atoms with Gasteiger partial charge >= 0.3 is 0 Å². The zero-order valence-electron chi connectivity index (χ0n) is 5.44. The van der Waals surface area contributed by atoms with Gasteiger partial charge in [0.15, 0.2) is 0 Å². The van der Waals surface area contributed by atoms with Gasteiger partial charge in [-0.1, -0.05) is 20.8 Å². The van der Waals surface area contributed by atoms with Crippen LogP contribution in [-0.2, 0) is 4.79 Å². The van der Waals surface area contributed by atoms with E-state index in [1.807, 2.05) is 20.8 Å². The number of rotatable bonds is 1. The Balaban J connectivity index is 3.80. The Hall–Kier alpha value is -0.0400. The summed E-state index contributed by atoms with van der Waals surface area (Å²) in [6.07, 6.45) is 0.765. The molecule has 0 amide bonds. The first-order valence-electron chi connectivity index (χ1n) is 2.58. The van der Waals surface area contributed by atoms with Crippen molar-refractivity contribution < 1.29 is 4.79 Å². The van der Waals surface area contributed by atoms with Crippen molar-refractivity contribution >= 4 is 17.9 Å². The molecular weight excluding hydrogens is 124 g/mol. The Morgan fingerprint density at radius 2 is 1.88 bits per heavy atom. The molecule has 0 spiro atoms. The first-order chi connectivity index (χ1) is 3.48.